The number of benzene rings is 1. The lowest BCUT2D eigenvalue weighted by Crippen LogP contribution is -2.44. The molecule has 22 heavy (non-hydrogen) atoms. The summed E-state index contributed by atoms with van der Waals surface area (Å²) in [5.41, 5.74) is 1.14. The Kier molecular flexibility index (Phi) is 6.07. The summed E-state index contributed by atoms with van der Waals surface area (Å²) in [4.78, 5) is 13.8. The molecule has 0 unspecified atom stereocenters. The van der Waals surface area contributed by atoms with Crippen LogP contribution in [0.1, 0.15) is 38.7 Å². The average Bonchev–Trinajstić information content (AvgIpc) is 2.52. The fraction of sp³-hybridized carbons (Fsp3) is 0.588. The number of hydrogen-bond donors (Lipinski definition) is 2. The zero-order chi connectivity index (χ0) is 15.9. The van der Waals surface area contributed by atoms with E-state index in [0.717, 1.165) is 38.0 Å². The van der Waals surface area contributed by atoms with Crippen LogP contribution in [0.15, 0.2) is 18.2 Å². The topological polar surface area (TPSA) is 61.8 Å². The average molecular weight is 306 g/mol. The second-order valence-corrected chi connectivity index (χ2v) is 5.71. The van der Waals surface area contributed by atoms with E-state index in [-0.39, 0.29) is 11.7 Å². The quantitative estimate of drug-likeness (QED) is 0.846. The van der Waals surface area contributed by atoms with Crippen molar-refractivity contribution in [1.29, 1.82) is 0 Å². The first-order valence-electron chi connectivity index (χ1n) is 8.08. The Balaban J connectivity index is 1.85. The molecule has 1 aromatic carbocycles. The molecule has 5 heteroatoms. The Hall–Kier alpha value is -1.75. The predicted molar refractivity (Wildman–Crippen MR) is 86.0 cm³/mol. The Morgan fingerprint density at radius 2 is 2.09 bits per heavy atom. The molecule has 0 saturated carbocycles. The number of amides is 1. The van der Waals surface area contributed by atoms with Gasteiger partial charge in [-0.3, -0.25) is 9.69 Å². The number of carbonyl (C=O) groups is 1. The van der Waals surface area contributed by atoms with Crippen molar-refractivity contribution in [3.05, 3.63) is 23.8 Å². The maximum absolute atomic E-state index is 11.4. The van der Waals surface area contributed by atoms with Crippen molar-refractivity contribution in [1.82, 2.24) is 10.2 Å². The van der Waals surface area contributed by atoms with E-state index in [1.807, 2.05) is 26.0 Å². The summed E-state index contributed by atoms with van der Waals surface area (Å²) in [7, 11) is 0. The monoisotopic (exact) mass is 306 g/mol. The maximum Gasteiger partial charge on any atom is 0.219 e. The Labute approximate surface area is 132 Å². The van der Waals surface area contributed by atoms with Crippen LogP contribution in [0, 0.1) is 0 Å². The lowest BCUT2D eigenvalue weighted by Gasteiger charge is -2.32. The number of nitrogens with one attached hydrogen (secondary N) is 1. The molecule has 0 bridgehead atoms. The number of ether oxygens (including phenoxy) is 1. The zero-order valence-electron chi connectivity index (χ0n) is 13.5. The molecule has 122 valence electrons. The van der Waals surface area contributed by atoms with Gasteiger partial charge in [0.05, 0.1) is 6.61 Å². The van der Waals surface area contributed by atoms with E-state index in [1.165, 1.54) is 0 Å². The van der Waals surface area contributed by atoms with E-state index in [1.54, 1.807) is 6.07 Å². The van der Waals surface area contributed by atoms with E-state index in [4.69, 9.17) is 4.74 Å². The van der Waals surface area contributed by atoms with Gasteiger partial charge in [-0.1, -0.05) is 13.0 Å². The van der Waals surface area contributed by atoms with Crippen molar-refractivity contribution in [3.63, 3.8) is 0 Å². The number of phenols is 1. The van der Waals surface area contributed by atoms with Gasteiger partial charge in [-0.25, -0.2) is 0 Å². The number of rotatable bonds is 6. The summed E-state index contributed by atoms with van der Waals surface area (Å²) < 4.78 is 5.42. The van der Waals surface area contributed by atoms with Crippen LogP contribution >= 0.6 is 0 Å². The molecule has 0 radical (unpaired) electrons. The van der Waals surface area contributed by atoms with Gasteiger partial charge in [-0.15, -0.1) is 0 Å². The standard InChI is InChI=1S/C17H26N2O3/c1-3-17(21)18-14-7-9-19(10-8-14)12-13-5-6-15(20)16(11-13)22-4-2/h5-6,11,14,20H,3-4,7-10,12H2,1-2H3,(H,18,21). The van der Waals surface area contributed by atoms with Crippen molar-refractivity contribution in [2.75, 3.05) is 19.7 Å². The molecule has 1 amide bonds. The molecule has 0 spiro atoms. The number of piperidine rings is 1. The molecule has 2 rings (SSSR count). The van der Waals surface area contributed by atoms with Crippen LogP contribution in [-0.4, -0.2) is 41.7 Å². The lowest BCUT2D eigenvalue weighted by molar-refractivity contribution is -0.121. The molecule has 5 nitrogen and oxygen atoms in total. The van der Waals surface area contributed by atoms with E-state index < -0.39 is 0 Å². The summed E-state index contributed by atoms with van der Waals surface area (Å²) >= 11 is 0. The number of phenolic OH excluding ortho intramolecular Hbond substituents is 1. The summed E-state index contributed by atoms with van der Waals surface area (Å²) in [6, 6.07) is 5.84. The molecule has 1 aliphatic heterocycles. The van der Waals surface area contributed by atoms with Crippen molar-refractivity contribution >= 4 is 5.91 Å². The van der Waals surface area contributed by atoms with Crippen LogP contribution in [0.5, 0.6) is 11.5 Å². The maximum atomic E-state index is 11.4. The molecule has 1 saturated heterocycles. The number of carbonyl (C=O) groups excluding carboxylic acids is 1. The number of aromatic hydroxyl groups is 1. The molecule has 0 atom stereocenters. The number of hydrogen-bond acceptors (Lipinski definition) is 4. The van der Waals surface area contributed by atoms with Gasteiger partial charge >= 0.3 is 0 Å². The first-order valence-corrected chi connectivity index (χ1v) is 8.08. The third-order valence-corrected chi connectivity index (χ3v) is 4.00. The van der Waals surface area contributed by atoms with E-state index >= 15 is 0 Å². The lowest BCUT2D eigenvalue weighted by atomic mass is 10.0. The first-order chi connectivity index (χ1) is 10.6. The largest absolute Gasteiger partial charge is 0.504 e. The van der Waals surface area contributed by atoms with Gasteiger partial charge in [0.15, 0.2) is 11.5 Å². The minimum Gasteiger partial charge on any atom is -0.504 e. The number of nitrogens with zero attached hydrogens (tertiary/aromatic N) is 1. The Morgan fingerprint density at radius 1 is 1.36 bits per heavy atom. The molecular weight excluding hydrogens is 280 g/mol. The van der Waals surface area contributed by atoms with Gasteiger partial charge in [-0.05, 0) is 37.5 Å². The van der Waals surface area contributed by atoms with Crippen LogP contribution in [-0.2, 0) is 11.3 Å². The second kappa shape index (κ2) is 8.03. The number of likely N-dealkylation sites (tertiary alicyclic amines) is 1. The van der Waals surface area contributed by atoms with Gasteiger partial charge in [-0.2, -0.15) is 0 Å². The van der Waals surface area contributed by atoms with Gasteiger partial charge in [0.25, 0.3) is 0 Å². The highest BCUT2D eigenvalue weighted by molar-refractivity contribution is 5.75. The van der Waals surface area contributed by atoms with Crippen LogP contribution < -0.4 is 10.1 Å². The molecule has 1 fully saturated rings. The third kappa shape index (κ3) is 4.63. The zero-order valence-corrected chi connectivity index (χ0v) is 13.5. The second-order valence-electron chi connectivity index (χ2n) is 5.71. The molecule has 1 aliphatic rings. The molecular formula is C17H26N2O3. The molecule has 1 heterocycles. The molecule has 2 N–H and O–H groups in total. The normalized spacial score (nSPS) is 16.5. The van der Waals surface area contributed by atoms with Gasteiger partial charge in [0.1, 0.15) is 0 Å². The van der Waals surface area contributed by atoms with Crippen molar-refractivity contribution in [3.8, 4) is 11.5 Å². The third-order valence-electron chi connectivity index (χ3n) is 4.00. The van der Waals surface area contributed by atoms with Gasteiger partial charge in [0.2, 0.25) is 5.91 Å². The summed E-state index contributed by atoms with van der Waals surface area (Å²) in [6.45, 7) is 7.11. The highest BCUT2D eigenvalue weighted by Gasteiger charge is 2.20. The van der Waals surface area contributed by atoms with Crippen molar-refractivity contribution in [2.45, 2.75) is 45.7 Å². The molecule has 0 aliphatic carbocycles. The summed E-state index contributed by atoms with van der Waals surface area (Å²) in [5, 5.41) is 12.8. The van der Waals surface area contributed by atoms with Gasteiger partial charge in [0, 0.05) is 32.1 Å². The van der Waals surface area contributed by atoms with Crippen LogP contribution in [0.25, 0.3) is 0 Å². The van der Waals surface area contributed by atoms with Crippen LogP contribution in [0.4, 0.5) is 0 Å². The highest BCUT2D eigenvalue weighted by Crippen LogP contribution is 2.27. The SMILES string of the molecule is CCOc1cc(CN2CCC(NC(=O)CC)CC2)ccc1O. The fourth-order valence-corrected chi connectivity index (χ4v) is 2.75. The Morgan fingerprint density at radius 3 is 2.73 bits per heavy atom. The smallest absolute Gasteiger partial charge is 0.219 e. The minimum absolute atomic E-state index is 0.137. The molecule has 0 aromatic heterocycles. The van der Waals surface area contributed by atoms with E-state index in [9.17, 15) is 9.90 Å². The van der Waals surface area contributed by atoms with Crippen molar-refractivity contribution in [2.24, 2.45) is 0 Å². The predicted octanol–water partition coefficient (Wildman–Crippen LogP) is 2.28. The van der Waals surface area contributed by atoms with E-state index in [0.29, 0.717) is 24.8 Å². The minimum atomic E-state index is 0.137. The summed E-state index contributed by atoms with van der Waals surface area (Å²) in [6.07, 6.45) is 2.53. The van der Waals surface area contributed by atoms with Crippen LogP contribution in [0.3, 0.4) is 0 Å². The first kappa shape index (κ1) is 16.6. The summed E-state index contributed by atoms with van der Waals surface area (Å²) in [5.74, 6) is 0.870. The molecule has 1 aromatic rings. The van der Waals surface area contributed by atoms with Crippen molar-refractivity contribution < 1.29 is 14.6 Å². The van der Waals surface area contributed by atoms with Gasteiger partial charge < -0.3 is 15.2 Å². The fourth-order valence-electron chi connectivity index (χ4n) is 2.75. The highest BCUT2D eigenvalue weighted by atomic mass is 16.5. The van der Waals surface area contributed by atoms with Crippen LogP contribution in [0.2, 0.25) is 0 Å². The Bertz CT molecular complexity index is 497. The van der Waals surface area contributed by atoms with E-state index in [2.05, 4.69) is 10.2 Å².